The third-order valence-electron chi connectivity index (χ3n) is 3.68. The largest absolute Gasteiger partial charge is 0.334 e. The molecule has 0 saturated carbocycles. The highest BCUT2D eigenvalue weighted by Gasteiger charge is 2.09. The molecule has 0 atom stereocenters. The molecule has 2 amide bonds. The van der Waals surface area contributed by atoms with Crippen LogP contribution in [0.25, 0.3) is 11.3 Å². The number of rotatable bonds is 4. The molecule has 24 heavy (non-hydrogen) atoms. The van der Waals surface area contributed by atoms with Crippen LogP contribution < -0.4 is 10.6 Å². The molecule has 0 aliphatic heterocycles. The zero-order valence-electron chi connectivity index (χ0n) is 13.7. The van der Waals surface area contributed by atoms with Gasteiger partial charge in [-0.25, -0.2) is 9.78 Å². The maximum atomic E-state index is 12.0. The summed E-state index contributed by atoms with van der Waals surface area (Å²) in [6, 6.07) is 15.8. The van der Waals surface area contributed by atoms with Gasteiger partial charge in [-0.05, 0) is 25.0 Å². The molecular formula is C19H19N3OS. The zero-order chi connectivity index (χ0) is 16.9. The van der Waals surface area contributed by atoms with Gasteiger partial charge in [0.25, 0.3) is 0 Å². The molecule has 0 saturated heterocycles. The number of hydrogen-bond acceptors (Lipinski definition) is 3. The number of carbonyl (C=O) groups is 1. The lowest BCUT2D eigenvalue weighted by atomic mass is 10.0. The number of nitrogens with zero attached hydrogens (tertiary/aromatic N) is 1. The molecule has 122 valence electrons. The van der Waals surface area contributed by atoms with E-state index in [-0.39, 0.29) is 6.03 Å². The Bertz CT molecular complexity index is 843. The van der Waals surface area contributed by atoms with Crippen LogP contribution in [0.4, 0.5) is 9.93 Å². The minimum atomic E-state index is -0.250. The van der Waals surface area contributed by atoms with Crippen molar-refractivity contribution >= 4 is 22.5 Å². The van der Waals surface area contributed by atoms with Gasteiger partial charge >= 0.3 is 6.03 Å². The van der Waals surface area contributed by atoms with Crippen LogP contribution in [0.15, 0.2) is 53.9 Å². The van der Waals surface area contributed by atoms with E-state index in [9.17, 15) is 4.79 Å². The molecule has 0 fully saturated rings. The quantitative estimate of drug-likeness (QED) is 0.722. The number of carbonyl (C=O) groups excluding carboxylic acids is 1. The van der Waals surface area contributed by atoms with Gasteiger partial charge in [-0.2, -0.15) is 0 Å². The Hall–Kier alpha value is -2.66. The monoisotopic (exact) mass is 337 g/mol. The minimum absolute atomic E-state index is 0.250. The summed E-state index contributed by atoms with van der Waals surface area (Å²) in [5, 5.41) is 8.18. The summed E-state index contributed by atoms with van der Waals surface area (Å²) in [6.45, 7) is 4.63. The summed E-state index contributed by atoms with van der Waals surface area (Å²) in [5.41, 5.74) is 5.44. The average molecular weight is 337 g/mol. The Morgan fingerprint density at radius 1 is 1.12 bits per heavy atom. The molecule has 0 aliphatic carbocycles. The molecular weight excluding hydrogens is 318 g/mol. The van der Waals surface area contributed by atoms with Crippen LogP contribution in [-0.2, 0) is 6.54 Å². The van der Waals surface area contributed by atoms with Crippen molar-refractivity contribution in [1.29, 1.82) is 0 Å². The van der Waals surface area contributed by atoms with Crippen molar-refractivity contribution < 1.29 is 4.79 Å². The first kappa shape index (κ1) is 16.2. The van der Waals surface area contributed by atoms with E-state index in [0.29, 0.717) is 11.7 Å². The third kappa shape index (κ3) is 4.00. The van der Waals surface area contributed by atoms with Crippen molar-refractivity contribution in [1.82, 2.24) is 10.3 Å². The van der Waals surface area contributed by atoms with E-state index in [0.717, 1.165) is 16.8 Å². The summed E-state index contributed by atoms with van der Waals surface area (Å²) in [5.74, 6) is 0. The van der Waals surface area contributed by atoms with E-state index in [1.807, 2.05) is 35.7 Å². The molecule has 0 unspecified atom stereocenters. The smallest absolute Gasteiger partial charge is 0.321 e. The van der Waals surface area contributed by atoms with E-state index >= 15 is 0 Å². The van der Waals surface area contributed by atoms with Gasteiger partial charge in [0.15, 0.2) is 5.13 Å². The third-order valence-corrected chi connectivity index (χ3v) is 4.44. The van der Waals surface area contributed by atoms with Crippen LogP contribution in [0.5, 0.6) is 0 Å². The Kier molecular flexibility index (Phi) is 4.91. The molecule has 0 aliphatic rings. The van der Waals surface area contributed by atoms with E-state index in [1.165, 1.54) is 22.5 Å². The predicted octanol–water partition coefficient (Wildman–Crippen LogP) is 4.75. The van der Waals surface area contributed by atoms with Crippen LogP contribution >= 0.6 is 11.3 Å². The minimum Gasteiger partial charge on any atom is -0.334 e. The molecule has 0 radical (unpaired) electrons. The summed E-state index contributed by atoms with van der Waals surface area (Å²) in [6.07, 6.45) is 0. The highest BCUT2D eigenvalue weighted by molar-refractivity contribution is 7.14. The normalized spacial score (nSPS) is 10.4. The van der Waals surface area contributed by atoms with Gasteiger partial charge in [0.1, 0.15) is 0 Å². The second-order valence-electron chi connectivity index (χ2n) is 5.65. The SMILES string of the molecule is Cc1ccc(-c2csc(NC(=O)NCc3ccccc3)n2)c(C)c1. The summed E-state index contributed by atoms with van der Waals surface area (Å²) in [7, 11) is 0. The van der Waals surface area contributed by atoms with Crippen molar-refractivity contribution in [2.45, 2.75) is 20.4 Å². The van der Waals surface area contributed by atoms with Crippen LogP contribution in [0.3, 0.4) is 0 Å². The zero-order valence-corrected chi connectivity index (χ0v) is 14.5. The predicted molar refractivity (Wildman–Crippen MR) is 99.3 cm³/mol. The fraction of sp³-hybridized carbons (Fsp3) is 0.158. The fourth-order valence-corrected chi connectivity index (χ4v) is 3.18. The fourth-order valence-electron chi connectivity index (χ4n) is 2.48. The topological polar surface area (TPSA) is 54.0 Å². The Labute approximate surface area is 145 Å². The molecule has 5 heteroatoms. The average Bonchev–Trinajstić information content (AvgIpc) is 3.02. The number of urea groups is 1. The number of aromatic nitrogens is 1. The van der Waals surface area contributed by atoms with E-state index < -0.39 is 0 Å². The number of benzene rings is 2. The molecule has 3 aromatic rings. The molecule has 2 aromatic carbocycles. The van der Waals surface area contributed by atoms with Crippen molar-refractivity contribution in [3.05, 3.63) is 70.6 Å². The van der Waals surface area contributed by atoms with Crippen LogP contribution in [0.2, 0.25) is 0 Å². The summed E-state index contributed by atoms with van der Waals surface area (Å²) >= 11 is 1.42. The van der Waals surface area contributed by atoms with Crippen molar-refractivity contribution in [3.63, 3.8) is 0 Å². The van der Waals surface area contributed by atoms with Gasteiger partial charge in [-0.1, -0.05) is 54.1 Å². The number of amides is 2. The molecule has 1 aromatic heterocycles. The van der Waals surface area contributed by atoms with E-state index in [2.05, 4.69) is 47.7 Å². The van der Waals surface area contributed by atoms with Crippen molar-refractivity contribution in [2.75, 3.05) is 5.32 Å². The standard InChI is InChI=1S/C19H19N3OS/c1-13-8-9-16(14(2)10-13)17-12-24-19(21-17)22-18(23)20-11-15-6-4-3-5-7-15/h3-10,12H,11H2,1-2H3,(H2,20,21,22,23). The first-order valence-electron chi connectivity index (χ1n) is 7.74. The molecule has 0 spiro atoms. The second kappa shape index (κ2) is 7.27. The first-order chi connectivity index (χ1) is 11.6. The van der Waals surface area contributed by atoms with Gasteiger partial charge in [0.2, 0.25) is 0 Å². The Morgan fingerprint density at radius 3 is 2.67 bits per heavy atom. The van der Waals surface area contributed by atoms with Crippen molar-refractivity contribution in [2.24, 2.45) is 0 Å². The Morgan fingerprint density at radius 2 is 1.92 bits per heavy atom. The highest BCUT2D eigenvalue weighted by atomic mass is 32.1. The maximum absolute atomic E-state index is 12.0. The number of aryl methyl sites for hydroxylation is 2. The highest BCUT2D eigenvalue weighted by Crippen LogP contribution is 2.27. The maximum Gasteiger partial charge on any atom is 0.321 e. The van der Waals surface area contributed by atoms with Crippen LogP contribution in [0.1, 0.15) is 16.7 Å². The van der Waals surface area contributed by atoms with Gasteiger partial charge in [-0.3, -0.25) is 5.32 Å². The number of thiazole rings is 1. The van der Waals surface area contributed by atoms with Crippen LogP contribution in [0, 0.1) is 13.8 Å². The number of hydrogen-bond donors (Lipinski definition) is 2. The van der Waals surface area contributed by atoms with Gasteiger partial charge in [0, 0.05) is 17.5 Å². The molecule has 2 N–H and O–H groups in total. The van der Waals surface area contributed by atoms with E-state index in [1.54, 1.807) is 0 Å². The second-order valence-corrected chi connectivity index (χ2v) is 6.51. The van der Waals surface area contributed by atoms with E-state index in [4.69, 9.17) is 0 Å². The summed E-state index contributed by atoms with van der Waals surface area (Å²) in [4.78, 5) is 16.5. The lowest BCUT2D eigenvalue weighted by Gasteiger charge is -2.05. The van der Waals surface area contributed by atoms with Gasteiger partial charge in [-0.15, -0.1) is 11.3 Å². The van der Waals surface area contributed by atoms with Crippen molar-refractivity contribution in [3.8, 4) is 11.3 Å². The molecule has 0 bridgehead atoms. The molecule has 1 heterocycles. The molecule has 3 rings (SSSR count). The van der Waals surface area contributed by atoms with Crippen LogP contribution in [-0.4, -0.2) is 11.0 Å². The lowest BCUT2D eigenvalue weighted by Crippen LogP contribution is -2.28. The van der Waals surface area contributed by atoms with Gasteiger partial charge in [0.05, 0.1) is 5.69 Å². The summed E-state index contributed by atoms with van der Waals surface area (Å²) < 4.78 is 0. The molecule has 4 nitrogen and oxygen atoms in total. The first-order valence-corrected chi connectivity index (χ1v) is 8.62. The van der Waals surface area contributed by atoms with Gasteiger partial charge < -0.3 is 5.32 Å². The number of anilines is 1. The Balaban J connectivity index is 1.62. The number of nitrogens with one attached hydrogen (secondary N) is 2. The lowest BCUT2D eigenvalue weighted by molar-refractivity contribution is 0.251.